The van der Waals surface area contributed by atoms with Crippen molar-refractivity contribution >= 4 is 40.0 Å². The SMILES string of the molecule is CO[C@H]1CC[C@H](C(=O)Nc2ccc(-n3ccccc3=O)cc2)[C@H](NC(=O)c2ccc3c(Cl)c[nH]c3c2)C1. The van der Waals surface area contributed by atoms with Gasteiger partial charge in [0, 0.05) is 59.5 Å². The summed E-state index contributed by atoms with van der Waals surface area (Å²) in [7, 11) is 1.65. The molecule has 5 rings (SSSR count). The molecular formula is C28H27ClN4O4. The molecule has 0 unspecified atom stereocenters. The average Bonchev–Trinajstić information content (AvgIpc) is 3.29. The van der Waals surface area contributed by atoms with Crippen LogP contribution in [0, 0.1) is 5.92 Å². The van der Waals surface area contributed by atoms with Crippen molar-refractivity contribution in [1.82, 2.24) is 14.9 Å². The topological polar surface area (TPSA) is 105 Å². The molecule has 0 spiro atoms. The first kappa shape index (κ1) is 24.8. The number of fused-ring (bicyclic) bond motifs is 1. The average molecular weight is 519 g/mol. The highest BCUT2D eigenvalue weighted by molar-refractivity contribution is 6.35. The third kappa shape index (κ3) is 5.30. The molecule has 1 aliphatic carbocycles. The van der Waals surface area contributed by atoms with Crippen molar-refractivity contribution in [1.29, 1.82) is 0 Å². The molecule has 1 aliphatic rings. The van der Waals surface area contributed by atoms with Crippen LogP contribution in [0.15, 0.2) is 77.9 Å². The Morgan fingerprint density at radius 1 is 1.08 bits per heavy atom. The first-order valence-corrected chi connectivity index (χ1v) is 12.5. The van der Waals surface area contributed by atoms with Gasteiger partial charge in [0.1, 0.15) is 0 Å². The smallest absolute Gasteiger partial charge is 0.255 e. The fraction of sp³-hybridized carbons (Fsp3) is 0.250. The lowest BCUT2D eigenvalue weighted by molar-refractivity contribution is -0.122. The summed E-state index contributed by atoms with van der Waals surface area (Å²) in [6.45, 7) is 0. The van der Waals surface area contributed by atoms with Crippen molar-refractivity contribution in [2.75, 3.05) is 12.4 Å². The highest BCUT2D eigenvalue weighted by atomic mass is 35.5. The Morgan fingerprint density at radius 3 is 2.65 bits per heavy atom. The van der Waals surface area contributed by atoms with Gasteiger partial charge in [-0.15, -0.1) is 0 Å². The number of methoxy groups -OCH3 is 1. The predicted octanol–water partition coefficient (Wildman–Crippen LogP) is 4.52. The summed E-state index contributed by atoms with van der Waals surface area (Å²) in [5.74, 6) is -0.851. The van der Waals surface area contributed by atoms with E-state index in [1.807, 2.05) is 0 Å². The summed E-state index contributed by atoms with van der Waals surface area (Å²) in [5, 5.41) is 7.47. The van der Waals surface area contributed by atoms with Crippen molar-refractivity contribution in [3.63, 3.8) is 0 Å². The van der Waals surface area contributed by atoms with Gasteiger partial charge >= 0.3 is 0 Å². The van der Waals surface area contributed by atoms with Crippen LogP contribution in [0.2, 0.25) is 5.02 Å². The lowest BCUT2D eigenvalue weighted by atomic mass is 9.82. The number of ether oxygens (including phenoxy) is 1. The van der Waals surface area contributed by atoms with Crippen LogP contribution in [0.3, 0.4) is 0 Å². The zero-order valence-corrected chi connectivity index (χ0v) is 21.0. The molecule has 0 bridgehead atoms. The maximum absolute atomic E-state index is 13.3. The van der Waals surface area contributed by atoms with Crippen LogP contribution in [-0.4, -0.2) is 40.6 Å². The second-order valence-electron chi connectivity index (χ2n) is 9.20. The third-order valence-electron chi connectivity index (χ3n) is 6.92. The molecule has 190 valence electrons. The van der Waals surface area contributed by atoms with Crippen molar-refractivity contribution in [2.24, 2.45) is 5.92 Å². The highest BCUT2D eigenvalue weighted by Gasteiger charge is 2.36. The zero-order chi connectivity index (χ0) is 25.9. The van der Waals surface area contributed by atoms with Crippen LogP contribution in [0.4, 0.5) is 5.69 Å². The molecule has 3 N–H and O–H groups in total. The van der Waals surface area contributed by atoms with Crippen LogP contribution in [-0.2, 0) is 9.53 Å². The first-order valence-electron chi connectivity index (χ1n) is 12.1. The van der Waals surface area contributed by atoms with Crippen LogP contribution in [0.1, 0.15) is 29.6 Å². The van der Waals surface area contributed by atoms with Gasteiger partial charge in [-0.25, -0.2) is 0 Å². The van der Waals surface area contributed by atoms with Crippen LogP contribution in [0.25, 0.3) is 16.6 Å². The molecule has 0 radical (unpaired) electrons. The molecule has 2 heterocycles. The molecule has 37 heavy (non-hydrogen) atoms. The van der Waals surface area contributed by atoms with E-state index in [1.165, 1.54) is 10.6 Å². The largest absolute Gasteiger partial charge is 0.381 e. The molecule has 2 aromatic carbocycles. The Kier molecular flexibility index (Phi) is 7.12. The number of nitrogens with zero attached hydrogens (tertiary/aromatic N) is 1. The van der Waals surface area contributed by atoms with E-state index in [2.05, 4.69) is 15.6 Å². The minimum absolute atomic E-state index is 0.0393. The predicted molar refractivity (Wildman–Crippen MR) is 143 cm³/mol. The van der Waals surface area contributed by atoms with Gasteiger partial charge in [0.25, 0.3) is 11.5 Å². The summed E-state index contributed by atoms with van der Waals surface area (Å²) in [6.07, 6.45) is 5.18. The number of rotatable bonds is 6. The van der Waals surface area contributed by atoms with Gasteiger partial charge in [0.2, 0.25) is 5.91 Å². The summed E-state index contributed by atoms with van der Waals surface area (Å²) in [6, 6.07) is 16.9. The standard InChI is InChI=1S/C28H27ClN4O4/c1-37-20-10-12-22(25(15-20)32-27(35)17-5-11-21-23(29)16-30-24(21)14-17)28(36)31-18-6-8-19(9-7-18)33-13-3-2-4-26(33)34/h2-9,11,13-14,16,20,22,25,30H,10,12,15H2,1H3,(H,31,36)(H,32,35)/t20-,22-,25+/m0/s1. The van der Waals surface area contributed by atoms with E-state index in [-0.39, 0.29) is 23.5 Å². The number of pyridine rings is 1. The summed E-state index contributed by atoms with van der Waals surface area (Å²) in [5.41, 5.74) is 2.44. The number of benzene rings is 2. The molecule has 0 aliphatic heterocycles. The number of aromatic amines is 1. The van der Waals surface area contributed by atoms with Crippen molar-refractivity contribution in [2.45, 2.75) is 31.4 Å². The molecule has 9 heteroatoms. The number of amides is 2. The maximum Gasteiger partial charge on any atom is 0.255 e. The van der Waals surface area contributed by atoms with Crippen molar-refractivity contribution in [3.05, 3.63) is 94.0 Å². The van der Waals surface area contributed by atoms with Gasteiger partial charge in [0.15, 0.2) is 0 Å². The number of hydrogen-bond donors (Lipinski definition) is 3. The van der Waals surface area contributed by atoms with E-state index in [9.17, 15) is 14.4 Å². The van der Waals surface area contributed by atoms with E-state index in [0.29, 0.717) is 34.8 Å². The Balaban J connectivity index is 1.30. The molecular weight excluding hydrogens is 492 g/mol. The van der Waals surface area contributed by atoms with Gasteiger partial charge in [-0.1, -0.05) is 23.7 Å². The van der Waals surface area contributed by atoms with Crippen LogP contribution in [0.5, 0.6) is 0 Å². The summed E-state index contributed by atoms with van der Waals surface area (Å²) >= 11 is 6.15. The quantitative estimate of drug-likeness (QED) is 0.349. The lowest BCUT2D eigenvalue weighted by Gasteiger charge is -2.35. The van der Waals surface area contributed by atoms with E-state index >= 15 is 0 Å². The van der Waals surface area contributed by atoms with Crippen molar-refractivity contribution < 1.29 is 14.3 Å². The van der Waals surface area contributed by atoms with E-state index in [1.54, 1.807) is 74.1 Å². The molecule has 4 aromatic rings. The highest BCUT2D eigenvalue weighted by Crippen LogP contribution is 2.29. The Hall–Kier alpha value is -3.88. The van der Waals surface area contributed by atoms with Gasteiger partial charge in [0.05, 0.1) is 17.0 Å². The van der Waals surface area contributed by atoms with Gasteiger partial charge in [-0.3, -0.25) is 19.0 Å². The van der Waals surface area contributed by atoms with Crippen LogP contribution >= 0.6 is 11.6 Å². The van der Waals surface area contributed by atoms with Crippen molar-refractivity contribution in [3.8, 4) is 5.69 Å². The Morgan fingerprint density at radius 2 is 1.89 bits per heavy atom. The lowest BCUT2D eigenvalue weighted by Crippen LogP contribution is -2.49. The van der Waals surface area contributed by atoms with Gasteiger partial charge in [-0.2, -0.15) is 0 Å². The zero-order valence-electron chi connectivity index (χ0n) is 20.2. The molecule has 2 aromatic heterocycles. The van der Waals surface area contributed by atoms with E-state index in [4.69, 9.17) is 16.3 Å². The van der Waals surface area contributed by atoms with Gasteiger partial charge < -0.3 is 20.4 Å². The second-order valence-corrected chi connectivity index (χ2v) is 9.61. The normalized spacial score (nSPS) is 19.5. The number of nitrogens with one attached hydrogen (secondary N) is 3. The summed E-state index contributed by atoms with van der Waals surface area (Å²) < 4.78 is 7.08. The Labute approximate surface area is 218 Å². The molecule has 8 nitrogen and oxygen atoms in total. The number of aromatic nitrogens is 2. The van der Waals surface area contributed by atoms with Gasteiger partial charge in [-0.05, 0) is 61.7 Å². The fourth-order valence-electron chi connectivity index (χ4n) is 4.88. The molecule has 1 saturated carbocycles. The minimum Gasteiger partial charge on any atom is -0.381 e. The molecule has 2 amide bonds. The first-order chi connectivity index (χ1) is 17.9. The Bertz CT molecular complexity index is 1490. The fourth-order valence-corrected chi connectivity index (χ4v) is 5.10. The third-order valence-corrected chi connectivity index (χ3v) is 7.23. The number of halogens is 1. The van der Waals surface area contributed by atoms with Crippen LogP contribution < -0.4 is 16.2 Å². The molecule has 3 atom stereocenters. The molecule has 0 saturated heterocycles. The summed E-state index contributed by atoms with van der Waals surface area (Å²) in [4.78, 5) is 41.6. The second kappa shape index (κ2) is 10.6. The molecule has 1 fully saturated rings. The minimum atomic E-state index is -0.421. The number of carbonyl (C=O) groups excluding carboxylic acids is 2. The monoisotopic (exact) mass is 518 g/mol. The number of carbonyl (C=O) groups is 2. The van der Waals surface area contributed by atoms with E-state index in [0.717, 1.165) is 17.3 Å². The number of hydrogen-bond acceptors (Lipinski definition) is 4. The maximum atomic E-state index is 13.3. The van der Waals surface area contributed by atoms with E-state index < -0.39 is 12.0 Å². The number of anilines is 1. The number of H-pyrrole nitrogens is 1.